The third-order valence-electron chi connectivity index (χ3n) is 6.35. The number of nitrogens with zero attached hydrogens (tertiary/aromatic N) is 3. The van der Waals surface area contributed by atoms with Gasteiger partial charge in [-0.1, -0.05) is 0 Å². The second kappa shape index (κ2) is 8.17. The summed E-state index contributed by atoms with van der Waals surface area (Å²) in [6.45, 7) is 3.83. The Kier molecular flexibility index (Phi) is 5.81. The molecule has 28 heavy (non-hydrogen) atoms. The van der Waals surface area contributed by atoms with Crippen molar-refractivity contribution in [3.8, 4) is 0 Å². The summed E-state index contributed by atoms with van der Waals surface area (Å²) in [5.74, 6) is -0.541. The highest BCUT2D eigenvalue weighted by molar-refractivity contribution is 5.81. The lowest BCUT2D eigenvalue weighted by atomic mass is 9.95. The van der Waals surface area contributed by atoms with Crippen molar-refractivity contribution in [2.75, 3.05) is 52.9 Å². The van der Waals surface area contributed by atoms with Gasteiger partial charge in [-0.25, -0.2) is 14.8 Å². The molecule has 11 heteroatoms. The minimum absolute atomic E-state index is 0.101. The molecular formula is C17H31FN8O2. The molecule has 6 N–H and O–H groups in total. The number of hydrogen-bond acceptors (Lipinski definition) is 8. The number of carbonyl (C=O) groups excluding carboxylic acids is 2. The summed E-state index contributed by atoms with van der Waals surface area (Å²) in [7, 11) is 1.82. The second-order valence-electron chi connectivity index (χ2n) is 8.24. The first-order valence-corrected chi connectivity index (χ1v) is 10.1. The molecule has 2 amide bonds. The Bertz CT molecular complexity index is 610. The van der Waals surface area contributed by atoms with Crippen LogP contribution in [0.15, 0.2) is 0 Å². The zero-order valence-electron chi connectivity index (χ0n) is 16.2. The van der Waals surface area contributed by atoms with Crippen LogP contribution in [0.1, 0.15) is 6.42 Å². The smallest absolute Gasteiger partial charge is 0.236 e. The molecule has 4 aliphatic heterocycles. The van der Waals surface area contributed by atoms with E-state index in [0.717, 1.165) is 19.5 Å². The van der Waals surface area contributed by atoms with Gasteiger partial charge in [0.1, 0.15) is 6.17 Å². The number of piperazine rings is 1. The zero-order chi connectivity index (χ0) is 19.8. The van der Waals surface area contributed by atoms with Crippen molar-refractivity contribution < 1.29 is 14.0 Å². The van der Waals surface area contributed by atoms with Gasteiger partial charge in [-0.2, -0.15) is 0 Å². The van der Waals surface area contributed by atoms with Gasteiger partial charge >= 0.3 is 0 Å². The quantitative estimate of drug-likeness (QED) is 0.334. The number of nitrogens with one attached hydrogen (secondary N) is 4. The number of piperidine rings is 1. The minimum Gasteiger partial charge on any atom is -0.350 e. The number of halogens is 1. The molecule has 0 spiro atoms. The summed E-state index contributed by atoms with van der Waals surface area (Å²) in [4.78, 5) is 29.1. The number of alkyl halides is 1. The summed E-state index contributed by atoms with van der Waals surface area (Å²) >= 11 is 0. The van der Waals surface area contributed by atoms with Crippen LogP contribution in [0, 0.1) is 5.92 Å². The molecule has 0 radical (unpaired) electrons. The van der Waals surface area contributed by atoms with Crippen LogP contribution in [-0.2, 0) is 9.59 Å². The number of amides is 2. The SMILES string of the molecule is CN1CCN(C2CCNCC2NC(=O)C2C(N)NN3CC(F)CNC23)CC1=O. The van der Waals surface area contributed by atoms with Crippen LogP contribution in [0.4, 0.5) is 4.39 Å². The second-order valence-corrected chi connectivity index (χ2v) is 8.24. The third kappa shape index (κ3) is 3.87. The summed E-state index contributed by atoms with van der Waals surface area (Å²) in [6, 6.07) is 0.00953. The van der Waals surface area contributed by atoms with Crippen molar-refractivity contribution in [1.29, 1.82) is 0 Å². The Balaban J connectivity index is 1.41. The number of hydrogen-bond donors (Lipinski definition) is 5. The van der Waals surface area contributed by atoms with Gasteiger partial charge < -0.3 is 21.3 Å². The lowest BCUT2D eigenvalue weighted by Gasteiger charge is -2.43. The predicted molar refractivity (Wildman–Crippen MR) is 100 cm³/mol. The van der Waals surface area contributed by atoms with E-state index in [1.54, 1.807) is 9.91 Å². The zero-order valence-corrected chi connectivity index (χ0v) is 16.2. The summed E-state index contributed by atoms with van der Waals surface area (Å²) in [5, 5.41) is 11.3. The largest absolute Gasteiger partial charge is 0.350 e. The third-order valence-corrected chi connectivity index (χ3v) is 6.35. The van der Waals surface area contributed by atoms with E-state index in [2.05, 4.69) is 26.3 Å². The normalized spacial score (nSPS) is 40.4. The topological polar surface area (TPSA) is 118 Å². The molecule has 0 bridgehead atoms. The fraction of sp³-hybridized carbons (Fsp3) is 0.882. The van der Waals surface area contributed by atoms with Gasteiger partial charge in [0.05, 0.1) is 30.8 Å². The molecule has 0 aromatic carbocycles. The highest BCUT2D eigenvalue weighted by Gasteiger charge is 2.48. The van der Waals surface area contributed by atoms with Gasteiger partial charge in [0.15, 0.2) is 0 Å². The molecule has 0 aromatic rings. The van der Waals surface area contributed by atoms with E-state index in [1.165, 1.54) is 0 Å². The molecule has 0 aliphatic carbocycles. The van der Waals surface area contributed by atoms with E-state index < -0.39 is 18.3 Å². The van der Waals surface area contributed by atoms with Gasteiger partial charge in [0.2, 0.25) is 11.8 Å². The van der Waals surface area contributed by atoms with Crippen LogP contribution in [-0.4, -0.2) is 110 Å². The van der Waals surface area contributed by atoms with E-state index in [9.17, 15) is 14.0 Å². The number of likely N-dealkylation sites (N-methyl/N-ethyl adjacent to an activating group) is 1. The average Bonchev–Trinajstić information content (AvgIpc) is 2.99. The molecule has 4 heterocycles. The Labute approximate surface area is 164 Å². The fourth-order valence-corrected chi connectivity index (χ4v) is 4.75. The van der Waals surface area contributed by atoms with Gasteiger partial charge in [0.25, 0.3) is 0 Å². The molecule has 4 rings (SSSR count). The Morgan fingerprint density at radius 1 is 1.32 bits per heavy atom. The minimum atomic E-state index is -0.987. The molecule has 4 aliphatic rings. The number of hydrazine groups is 1. The maximum Gasteiger partial charge on any atom is 0.236 e. The molecule has 4 fully saturated rings. The average molecular weight is 398 g/mol. The number of nitrogens with two attached hydrogens (primary N) is 1. The first-order valence-electron chi connectivity index (χ1n) is 10.1. The highest BCUT2D eigenvalue weighted by atomic mass is 19.1. The van der Waals surface area contributed by atoms with Gasteiger partial charge in [-0.3, -0.25) is 19.8 Å². The standard InChI is InChI=1S/C17H31FN8O2/c1-24-4-5-25(9-13(24)27)12-2-3-20-7-11(12)22-17(28)14-15(19)23-26-8-10(18)6-21-16(14)26/h10-12,14-16,20-21,23H,2-9,19H2,1H3,(H,22,28). The van der Waals surface area contributed by atoms with E-state index in [4.69, 9.17) is 5.73 Å². The van der Waals surface area contributed by atoms with Crippen molar-refractivity contribution >= 4 is 11.8 Å². The monoisotopic (exact) mass is 398 g/mol. The Hall–Kier alpha value is -1.37. The van der Waals surface area contributed by atoms with Gasteiger partial charge in [0, 0.05) is 45.8 Å². The number of fused-ring (bicyclic) bond motifs is 1. The van der Waals surface area contributed by atoms with Gasteiger partial charge in [-0.15, -0.1) is 0 Å². The van der Waals surface area contributed by atoms with Crippen molar-refractivity contribution in [2.24, 2.45) is 11.7 Å². The predicted octanol–water partition coefficient (Wildman–Crippen LogP) is -3.40. The molecule has 158 valence electrons. The van der Waals surface area contributed by atoms with Crippen LogP contribution in [0.3, 0.4) is 0 Å². The van der Waals surface area contributed by atoms with Crippen molar-refractivity contribution in [1.82, 2.24) is 36.2 Å². The van der Waals surface area contributed by atoms with Crippen molar-refractivity contribution in [2.45, 2.75) is 37.0 Å². The van der Waals surface area contributed by atoms with Crippen LogP contribution < -0.4 is 27.1 Å². The van der Waals surface area contributed by atoms with E-state index in [1.807, 2.05) is 7.05 Å². The summed E-state index contributed by atoms with van der Waals surface area (Å²) in [6.07, 6.45) is -1.00. The summed E-state index contributed by atoms with van der Waals surface area (Å²) in [5.41, 5.74) is 9.16. The molecule has 6 unspecified atom stereocenters. The fourth-order valence-electron chi connectivity index (χ4n) is 4.75. The Morgan fingerprint density at radius 2 is 2.14 bits per heavy atom. The first-order chi connectivity index (χ1) is 13.4. The van der Waals surface area contributed by atoms with Crippen LogP contribution in [0.2, 0.25) is 0 Å². The molecule has 0 saturated carbocycles. The van der Waals surface area contributed by atoms with Crippen molar-refractivity contribution in [3.05, 3.63) is 0 Å². The maximum absolute atomic E-state index is 13.6. The first kappa shape index (κ1) is 19.9. The summed E-state index contributed by atoms with van der Waals surface area (Å²) < 4.78 is 13.6. The van der Waals surface area contributed by atoms with E-state index >= 15 is 0 Å². The van der Waals surface area contributed by atoms with Crippen LogP contribution in [0.25, 0.3) is 0 Å². The van der Waals surface area contributed by atoms with Crippen LogP contribution in [0.5, 0.6) is 0 Å². The lowest BCUT2D eigenvalue weighted by molar-refractivity contribution is -0.136. The number of rotatable bonds is 3. The molecule has 10 nitrogen and oxygen atoms in total. The molecule has 4 saturated heterocycles. The van der Waals surface area contributed by atoms with Crippen LogP contribution >= 0.6 is 0 Å². The number of carbonyl (C=O) groups is 2. The van der Waals surface area contributed by atoms with E-state index in [0.29, 0.717) is 19.6 Å². The lowest BCUT2D eigenvalue weighted by Crippen LogP contribution is -2.65. The van der Waals surface area contributed by atoms with Crippen molar-refractivity contribution in [3.63, 3.8) is 0 Å². The molecule has 0 aromatic heterocycles. The van der Waals surface area contributed by atoms with E-state index in [-0.39, 0.29) is 43.2 Å². The Morgan fingerprint density at radius 3 is 2.93 bits per heavy atom. The molecule has 6 atom stereocenters. The van der Waals surface area contributed by atoms with Gasteiger partial charge in [-0.05, 0) is 13.0 Å². The molecular weight excluding hydrogens is 367 g/mol. The maximum atomic E-state index is 13.6. The highest BCUT2D eigenvalue weighted by Crippen LogP contribution is 2.23.